The highest BCUT2D eigenvalue weighted by Gasteiger charge is 2.23. The summed E-state index contributed by atoms with van der Waals surface area (Å²) in [4.78, 5) is 13.5. The second kappa shape index (κ2) is 9.38. The third-order valence-corrected chi connectivity index (χ3v) is 6.47. The number of carbonyl (C=O) groups is 1. The molecule has 0 saturated carbocycles. The Labute approximate surface area is 180 Å². The van der Waals surface area contributed by atoms with E-state index in [4.69, 9.17) is 9.15 Å². The van der Waals surface area contributed by atoms with Crippen molar-refractivity contribution in [2.24, 2.45) is 5.92 Å². The second-order valence-electron chi connectivity index (χ2n) is 7.60. The van der Waals surface area contributed by atoms with Crippen molar-refractivity contribution in [3.05, 3.63) is 53.5 Å². The standard InChI is InChI=1S/C22H26N4O3S/c1-16-7-9-25(10-8-16)21-23-24-22(26(21)13-19-4-3-11-29-19)30-15-18-12-17(14-27)5-6-20(18)28-2/h3-6,11-12,14,16H,7-10,13,15H2,1-2H3. The number of anilines is 1. The van der Waals surface area contributed by atoms with Gasteiger partial charge in [-0.2, -0.15) is 0 Å². The van der Waals surface area contributed by atoms with Crippen LogP contribution in [0.1, 0.15) is 41.4 Å². The molecule has 0 aliphatic carbocycles. The summed E-state index contributed by atoms with van der Waals surface area (Å²) in [5.41, 5.74) is 1.58. The van der Waals surface area contributed by atoms with Gasteiger partial charge in [-0.1, -0.05) is 18.7 Å². The second-order valence-corrected chi connectivity index (χ2v) is 8.54. The van der Waals surface area contributed by atoms with Gasteiger partial charge in [0.1, 0.15) is 17.8 Å². The average Bonchev–Trinajstić information content (AvgIpc) is 3.43. The van der Waals surface area contributed by atoms with Gasteiger partial charge in [0.2, 0.25) is 5.95 Å². The predicted octanol–water partition coefficient (Wildman–Crippen LogP) is 4.27. The molecule has 3 heterocycles. The molecule has 0 bridgehead atoms. The number of furan rings is 1. The molecule has 2 aromatic heterocycles. The molecule has 0 unspecified atom stereocenters. The molecule has 1 aliphatic rings. The summed E-state index contributed by atoms with van der Waals surface area (Å²) in [6.45, 7) is 4.84. The fraction of sp³-hybridized carbons (Fsp3) is 0.409. The zero-order chi connectivity index (χ0) is 20.9. The Kier molecular flexibility index (Phi) is 6.42. The minimum absolute atomic E-state index is 0.579. The summed E-state index contributed by atoms with van der Waals surface area (Å²) in [6, 6.07) is 9.30. The first-order valence-electron chi connectivity index (χ1n) is 10.1. The van der Waals surface area contributed by atoms with Crippen molar-refractivity contribution in [3.63, 3.8) is 0 Å². The van der Waals surface area contributed by atoms with E-state index in [2.05, 4.69) is 26.6 Å². The summed E-state index contributed by atoms with van der Waals surface area (Å²) in [5.74, 6) is 3.88. The number of aromatic nitrogens is 3. The molecule has 30 heavy (non-hydrogen) atoms. The lowest BCUT2D eigenvalue weighted by Gasteiger charge is -2.31. The van der Waals surface area contributed by atoms with Gasteiger partial charge in [-0.15, -0.1) is 10.2 Å². The minimum Gasteiger partial charge on any atom is -0.496 e. The van der Waals surface area contributed by atoms with Gasteiger partial charge in [0.15, 0.2) is 5.16 Å². The Morgan fingerprint density at radius 1 is 1.27 bits per heavy atom. The molecule has 0 radical (unpaired) electrons. The molecule has 3 aromatic rings. The van der Waals surface area contributed by atoms with Crippen LogP contribution < -0.4 is 9.64 Å². The first-order valence-corrected chi connectivity index (χ1v) is 11.1. The highest BCUT2D eigenvalue weighted by Crippen LogP contribution is 2.31. The largest absolute Gasteiger partial charge is 0.496 e. The average molecular weight is 427 g/mol. The van der Waals surface area contributed by atoms with E-state index in [0.29, 0.717) is 17.9 Å². The van der Waals surface area contributed by atoms with E-state index in [1.165, 1.54) is 0 Å². The van der Waals surface area contributed by atoms with Crippen molar-refractivity contribution in [1.29, 1.82) is 0 Å². The number of thioether (sulfide) groups is 1. The van der Waals surface area contributed by atoms with E-state index >= 15 is 0 Å². The number of hydrogen-bond donors (Lipinski definition) is 0. The molecule has 4 rings (SSSR count). The van der Waals surface area contributed by atoms with Crippen LogP contribution in [0.4, 0.5) is 5.95 Å². The van der Waals surface area contributed by atoms with Crippen LogP contribution in [0.5, 0.6) is 5.75 Å². The minimum atomic E-state index is 0.579. The van der Waals surface area contributed by atoms with E-state index in [1.807, 2.05) is 24.3 Å². The zero-order valence-corrected chi connectivity index (χ0v) is 18.1. The van der Waals surface area contributed by atoms with Gasteiger partial charge in [-0.3, -0.25) is 9.36 Å². The number of carbonyl (C=O) groups excluding carboxylic acids is 1. The highest BCUT2D eigenvalue weighted by molar-refractivity contribution is 7.98. The first-order chi connectivity index (χ1) is 14.7. The maximum atomic E-state index is 11.2. The van der Waals surface area contributed by atoms with E-state index in [1.54, 1.807) is 31.2 Å². The predicted molar refractivity (Wildman–Crippen MR) is 116 cm³/mol. The van der Waals surface area contributed by atoms with Crippen LogP contribution in [0.3, 0.4) is 0 Å². The molecule has 0 N–H and O–H groups in total. The summed E-state index contributed by atoms with van der Waals surface area (Å²) >= 11 is 1.58. The van der Waals surface area contributed by atoms with Crippen molar-refractivity contribution in [2.75, 3.05) is 25.1 Å². The van der Waals surface area contributed by atoms with Gasteiger partial charge in [0.25, 0.3) is 0 Å². The van der Waals surface area contributed by atoms with E-state index in [9.17, 15) is 4.79 Å². The SMILES string of the molecule is COc1ccc(C=O)cc1CSc1nnc(N2CCC(C)CC2)n1Cc1ccco1. The van der Waals surface area contributed by atoms with Crippen molar-refractivity contribution in [3.8, 4) is 5.75 Å². The molecule has 0 atom stereocenters. The van der Waals surface area contributed by atoms with Gasteiger partial charge in [-0.05, 0) is 49.1 Å². The first kappa shape index (κ1) is 20.5. The van der Waals surface area contributed by atoms with Gasteiger partial charge in [0.05, 0.1) is 19.9 Å². The number of hydrogen-bond acceptors (Lipinski definition) is 7. The quantitative estimate of drug-likeness (QED) is 0.393. The van der Waals surface area contributed by atoms with Crippen molar-refractivity contribution in [2.45, 2.75) is 37.2 Å². The van der Waals surface area contributed by atoms with Crippen LogP contribution in [0, 0.1) is 5.92 Å². The van der Waals surface area contributed by atoms with Gasteiger partial charge in [0, 0.05) is 30.0 Å². The van der Waals surface area contributed by atoms with Gasteiger partial charge >= 0.3 is 0 Å². The van der Waals surface area contributed by atoms with Crippen LogP contribution >= 0.6 is 11.8 Å². The van der Waals surface area contributed by atoms with Crippen molar-refractivity contribution >= 4 is 24.0 Å². The Hall–Kier alpha value is -2.74. The van der Waals surface area contributed by atoms with E-state index < -0.39 is 0 Å². The topological polar surface area (TPSA) is 73.4 Å². The molecule has 0 amide bonds. The van der Waals surface area contributed by atoms with Crippen LogP contribution in [-0.2, 0) is 12.3 Å². The number of piperidine rings is 1. The monoisotopic (exact) mass is 426 g/mol. The molecule has 8 heteroatoms. The van der Waals surface area contributed by atoms with Gasteiger partial charge in [-0.25, -0.2) is 0 Å². The number of ether oxygens (including phenoxy) is 1. The lowest BCUT2D eigenvalue weighted by molar-refractivity contribution is 0.112. The maximum Gasteiger partial charge on any atom is 0.228 e. The number of nitrogens with zero attached hydrogens (tertiary/aromatic N) is 4. The Morgan fingerprint density at radius 3 is 2.80 bits per heavy atom. The zero-order valence-electron chi connectivity index (χ0n) is 17.3. The summed E-state index contributed by atoms with van der Waals surface area (Å²) < 4.78 is 13.2. The molecule has 1 aromatic carbocycles. The fourth-order valence-corrected chi connectivity index (χ4v) is 4.56. The molecular weight excluding hydrogens is 400 g/mol. The highest BCUT2D eigenvalue weighted by atomic mass is 32.2. The number of methoxy groups -OCH3 is 1. The van der Waals surface area contributed by atoms with Crippen LogP contribution in [0.2, 0.25) is 0 Å². The molecule has 1 aliphatic heterocycles. The van der Waals surface area contributed by atoms with E-state index in [-0.39, 0.29) is 0 Å². The Bertz CT molecular complexity index is 978. The molecule has 0 spiro atoms. The molecule has 158 valence electrons. The molecule has 7 nitrogen and oxygen atoms in total. The third kappa shape index (κ3) is 4.53. The molecule has 1 saturated heterocycles. The lowest BCUT2D eigenvalue weighted by Crippen LogP contribution is -2.35. The van der Waals surface area contributed by atoms with Crippen LogP contribution in [0.15, 0.2) is 46.2 Å². The van der Waals surface area contributed by atoms with E-state index in [0.717, 1.165) is 66.3 Å². The van der Waals surface area contributed by atoms with Crippen molar-refractivity contribution < 1.29 is 13.9 Å². The lowest BCUT2D eigenvalue weighted by atomic mass is 10.00. The number of rotatable bonds is 8. The fourth-order valence-electron chi connectivity index (χ4n) is 3.65. The van der Waals surface area contributed by atoms with Crippen LogP contribution in [0.25, 0.3) is 0 Å². The summed E-state index contributed by atoms with van der Waals surface area (Å²) in [7, 11) is 1.64. The Morgan fingerprint density at radius 2 is 2.10 bits per heavy atom. The Balaban J connectivity index is 1.59. The third-order valence-electron chi connectivity index (χ3n) is 5.46. The number of aldehydes is 1. The smallest absolute Gasteiger partial charge is 0.228 e. The van der Waals surface area contributed by atoms with Crippen molar-refractivity contribution in [1.82, 2.24) is 14.8 Å². The molecular formula is C22H26N4O3S. The maximum absolute atomic E-state index is 11.2. The molecule has 1 fully saturated rings. The van der Waals surface area contributed by atoms with Crippen LogP contribution in [-0.4, -0.2) is 41.2 Å². The number of benzene rings is 1. The normalized spacial score (nSPS) is 14.8. The van der Waals surface area contributed by atoms with Gasteiger partial charge < -0.3 is 14.1 Å². The summed E-state index contributed by atoms with van der Waals surface area (Å²) in [6.07, 6.45) is 4.85. The summed E-state index contributed by atoms with van der Waals surface area (Å²) in [5, 5.41) is 9.83.